The van der Waals surface area contributed by atoms with Gasteiger partial charge in [0.1, 0.15) is 11.6 Å². The van der Waals surface area contributed by atoms with Crippen molar-refractivity contribution >= 4 is 34.2 Å². The monoisotopic (exact) mass is 322 g/mol. The molecule has 0 aliphatic rings. The van der Waals surface area contributed by atoms with E-state index in [1.54, 1.807) is 0 Å². The van der Waals surface area contributed by atoms with E-state index in [9.17, 15) is 4.39 Å². The molecule has 0 fully saturated rings. The van der Waals surface area contributed by atoms with E-state index in [0.717, 1.165) is 5.56 Å². The number of halogens is 3. The summed E-state index contributed by atoms with van der Waals surface area (Å²) in [5, 5.41) is 0.0730. The number of nitrogens with zero attached hydrogens (tertiary/aromatic N) is 2. The first-order chi connectivity index (χ1) is 10.1. The van der Waals surface area contributed by atoms with Crippen LogP contribution in [0, 0.1) is 12.7 Å². The van der Waals surface area contributed by atoms with Crippen LogP contribution in [0.3, 0.4) is 0 Å². The van der Waals surface area contributed by atoms with Gasteiger partial charge in [0, 0.05) is 12.6 Å². The summed E-state index contributed by atoms with van der Waals surface area (Å²) in [6.45, 7) is 2.64. The summed E-state index contributed by atoms with van der Waals surface area (Å²) in [7, 11) is 0. The summed E-state index contributed by atoms with van der Waals surface area (Å²) in [5.74, 6) is 0.519. The van der Waals surface area contributed by atoms with Crippen LogP contribution in [-0.4, -0.2) is 9.55 Å². The number of aryl methyl sites for hydroxylation is 1. The summed E-state index contributed by atoms with van der Waals surface area (Å²) >= 11 is 11.8. The molecular weight excluding hydrogens is 310 g/mol. The van der Waals surface area contributed by atoms with Gasteiger partial charge < -0.3 is 4.57 Å². The van der Waals surface area contributed by atoms with E-state index in [0.29, 0.717) is 23.4 Å². The molecule has 3 aromatic rings. The maximum Gasteiger partial charge on any atom is 0.144 e. The predicted molar refractivity (Wildman–Crippen MR) is 84.5 cm³/mol. The van der Waals surface area contributed by atoms with Gasteiger partial charge in [0.25, 0.3) is 0 Å². The van der Waals surface area contributed by atoms with Gasteiger partial charge in [0.15, 0.2) is 0 Å². The van der Waals surface area contributed by atoms with Crippen molar-refractivity contribution in [1.29, 1.82) is 0 Å². The van der Waals surface area contributed by atoms with E-state index in [-0.39, 0.29) is 10.9 Å². The Hall–Kier alpha value is -1.58. The number of fused-ring (bicyclic) bond motifs is 1. The minimum Gasteiger partial charge on any atom is -0.322 e. The van der Waals surface area contributed by atoms with Gasteiger partial charge in [0.05, 0.1) is 21.9 Å². The lowest BCUT2D eigenvalue weighted by atomic mass is 10.1. The number of hydrogen-bond acceptors (Lipinski definition) is 1. The highest BCUT2D eigenvalue weighted by atomic mass is 35.5. The molecule has 1 heterocycles. The number of imidazole rings is 1. The van der Waals surface area contributed by atoms with Crippen LogP contribution >= 0.6 is 23.2 Å². The zero-order valence-electron chi connectivity index (χ0n) is 11.4. The van der Waals surface area contributed by atoms with Crippen molar-refractivity contribution in [2.24, 2.45) is 0 Å². The molecule has 21 heavy (non-hydrogen) atoms. The molecule has 3 rings (SSSR count). The van der Waals surface area contributed by atoms with Crippen molar-refractivity contribution in [3.05, 3.63) is 64.2 Å². The first-order valence-corrected chi connectivity index (χ1v) is 7.45. The smallest absolute Gasteiger partial charge is 0.144 e. The topological polar surface area (TPSA) is 17.8 Å². The van der Waals surface area contributed by atoms with Crippen molar-refractivity contribution in [3.8, 4) is 0 Å². The van der Waals surface area contributed by atoms with Gasteiger partial charge in [-0.15, -0.1) is 11.6 Å². The summed E-state index contributed by atoms with van der Waals surface area (Å²) in [6, 6.07) is 11.1. The Kier molecular flexibility index (Phi) is 3.87. The lowest BCUT2D eigenvalue weighted by Crippen LogP contribution is -2.04. The van der Waals surface area contributed by atoms with E-state index in [1.165, 1.54) is 17.7 Å². The van der Waals surface area contributed by atoms with Gasteiger partial charge in [-0.05, 0) is 18.6 Å². The average molecular weight is 323 g/mol. The third kappa shape index (κ3) is 2.76. The molecule has 0 aliphatic heterocycles. The van der Waals surface area contributed by atoms with Crippen molar-refractivity contribution in [2.45, 2.75) is 19.3 Å². The molecule has 0 amide bonds. The normalized spacial score (nSPS) is 11.2. The Balaban J connectivity index is 2.14. The fourth-order valence-corrected chi connectivity index (χ4v) is 2.80. The van der Waals surface area contributed by atoms with E-state index in [2.05, 4.69) is 11.1 Å². The van der Waals surface area contributed by atoms with Crippen LogP contribution in [0.4, 0.5) is 4.39 Å². The Morgan fingerprint density at radius 2 is 2.05 bits per heavy atom. The van der Waals surface area contributed by atoms with Crippen molar-refractivity contribution in [1.82, 2.24) is 9.55 Å². The predicted octanol–water partition coefficient (Wildman–Crippen LogP) is 4.92. The standard InChI is InChI=1S/C16H13Cl2FN2/c1-10-3-2-4-11(5-10)9-21-15-7-13(19)12(18)6-14(15)20-16(21)8-17/h2-7H,8-9H2,1H3. The van der Waals surface area contributed by atoms with E-state index < -0.39 is 5.82 Å². The first kappa shape index (κ1) is 14.4. The Morgan fingerprint density at radius 3 is 2.76 bits per heavy atom. The summed E-state index contributed by atoms with van der Waals surface area (Å²) in [6.07, 6.45) is 0. The number of benzene rings is 2. The number of hydrogen-bond donors (Lipinski definition) is 0. The molecule has 5 heteroatoms. The highest BCUT2D eigenvalue weighted by molar-refractivity contribution is 6.31. The quantitative estimate of drug-likeness (QED) is 0.625. The molecule has 108 valence electrons. The van der Waals surface area contributed by atoms with Crippen LogP contribution in [0.2, 0.25) is 5.02 Å². The van der Waals surface area contributed by atoms with Crippen LogP contribution in [0.5, 0.6) is 0 Å². The van der Waals surface area contributed by atoms with Crippen LogP contribution in [0.25, 0.3) is 11.0 Å². The van der Waals surface area contributed by atoms with E-state index in [1.807, 2.05) is 29.7 Å². The zero-order chi connectivity index (χ0) is 15.0. The van der Waals surface area contributed by atoms with Crippen molar-refractivity contribution in [2.75, 3.05) is 0 Å². The van der Waals surface area contributed by atoms with Crippen LogP contribution in [0.15, 0.2) is 36.4 Å². The van der Waals surface area contributed by atoms with Crippen molar-refractivity contribution < 1.29 is 4.39 Å². The Labute approximate surface area is 132 Å². The second-order valence-electron chi connectivity index (χ2n) is 4.99. The SMILES string of the molecule is Cc1cccc(Cn2c(CCl)nc3cc(Cl)c(F)cc32)c1. The highest BCUT2D eigenvalue weighted by Gasteiger charge is 2.13. The molecule has 2 nitrogen and oxygen atoms in total. The molecule has 1 aromatic heterocycles. The maximum absolute atomic E-state index is 13.7. The lowest BCUT2D eigenvalue weighted by molar-refractivity contribution is 0.628. The Morgan fingerprint density at radius 1 is 1.24 bits per heavy atom. The fraction of sp³-hybridized carbons (Fsp3) is 0.188. The van der Waals surface area contributed by atoms with Gasteiger partial charge in [-0.2, -0.15) is 0 Å². The van der Waals surface area contributed by atoms with E-state index in [4.69, 9.17) is 23.2 Å². The number of rotatable bonds is 3. The molecule has 0 unspecified atom stereocenters. The third-order valence-electron chi connectivity index (χ3n) is 3.41. The summed E-state index contributed by atoms with van der Waals surface area (Å²) in [4.78, 5) is 4.43. The second-order valence-corrected chi connectivity index (χ2v) is 5.67. The lowest BCUT2D eigenvalue weighted by Gasteiger charge is -2.09. The van der Waals surface area contributed by atoms with Crippen LogP contribution in [-0.2, 0) is 12.4 Å². The summed E-state index contributed by atoms with van der Waals surface area (Å²) in [5.41, 5.74) is 3.66. The molecule has 0 saturated carbocycles. The molecule has 0 bridgehead atoms. The average Bonchev–Trinajstić information content (AvgIpc) is 2.77. The van der Waals surface area contributed by atoms with Gasteiger partial charge >= 0.3 is 0 Å². The minimum absolute atomic E-state index is 0.0730. The van der Waals surface area contributed by atoms with Gasteiger partial charge in [-0.25, -0.2) is 9.37 Å². The Bertz CT molecular complexity index is 811. The zero-order valence-corrected chi connectivity index (χ0v) is 12.9. The van der Waals surface area contributed by atoms with Gasteiger partial charge in [-0.3, -0.25) is 0 Å². The first-order valence-electron chi connectivity index (χ1n) is 6.54. The van der Waals surface area contributed by atoms with Gasteiger partial charge in [-0.1, -0.05) is 41.4 Å². The fourth-order valence-electron chi connectivity index (χ4n) is 2.44. The molecule has 0 N–H and O–H groups in total. The van der Waals surface area contributed by atoms with Crippen LogP contribution < -0.4 is 0 Å². The van der Waals surface area contributed by atoms with Gasteiger partial charge in [0.2, 0.25) is 0 Å². The molecule has 0 atom stereocenters. The second kappa shape index (κ2) is 5.66. The third-order valence-corrected chi connectivity index (χ3v) is 3.94. The number of alkyl halides is 1. The molecular formula is C16H13Cl2FN2. The maximum atomic E-state index is 13.7. The van der Waals surface area contributed by atoms with E-state index >= 15 is 0 Å². The molecule has 0 spiro atoms. The summed E-state index contributed by atoms with van der Waals surface area (Å²) < 4.78 is 15.7. The number of aromatic nitrogens is 2. The highest BCUT2D eigenvalue weighted by Crippen LogP contribution is 2.25. The van der Waals surface area contributed by atoms with Crippen molar-refractivity contribution in [3.63, 3.8) is 0 Å². The van der Waals surface area contributed by atoms with Crippen LogP contribution in [0.1, 0.15) is 17.0 Å². The molecule has 0 aliphatic carbocycles. The largest absolute Gasteiger partial charge is 0.322 e. The molecule has 0 radical (unpaired) electrons. The molecule has 2 aromatic carbocycles. The molecule has 0 saturated heterocycles. The minimum atomic E-state index is -0.448.